The third-order valence-corrected chi connectivity index (χ3v) is 13.0. The van der Waals surface area contributed by atoms with Gasteiger partial charge in [0.15, 0.2) is 0 Å². The molecule has 0 bridgehead atoms. The Kier molecular flexibility index (Phi) is 36.5. The number of aliphatic hydroxyl groups excluding tert-OH is 7. The maximum absolute atomic E-state index is 13.0. The van der Waals surface area contributed by atoms with Crippen LogP contribution in [0.1, 0.15) is 206 Å². The Hall–Kier alpha value is -1.48. The number of carbonyl (C=O) groups is 1. The minimum atomic E-state index is -5.15. The molecule has 0 aliphatic heterocycles. The third-order valence-electron chi connectivity index (χ3n) is 12.0. The van der Waals surface area contributed by atoms with Crippen LogP contribution < -0.4 is 5.32 Å². The first kappa shape index (κ1) is 59.5. The minimum absolute atomic E-state index is 0.254. The van der Waals surface area contributed by atoms with Crippen molar-refractivity contribution in [2.75, 3.05) is 6.61 Å². The summed E-state index contributed by atoms with van der Waals surface area (Å²) in [5.41, 5.74) is 0. The lowest BCUT2D eigenvalue weighted by molar-refractivity contribution is -0.220. The summed E-state index contributed by atoms with van der Waals surface area (Å²) >= 11 is 0. The summed E-state index contributed by atoms with van der Waals surface area (Å²) in [7, 11) is -5.15. The number of unbranched alkanes of at least 4 members (excludes halogenated alkanes) is 24. The maximum Gasteiger partial charge on any atom is 0.472 e. The van der Waals surface area contributed by atoms with Gasteiger partial charge in [-0.25, -0.2) is 4.57 Å². The average Bonchev–Trinajstić information content (AvgIpc) is 3.26. The first-order chi connectivity index (χ1) is 30.3. The van der Waals surface area contributed by atoms with E-state index in [-0.39, 0.29) is 6.42 Å². The van der Waals surface area contributed by atoms with E-state index in [0.717, 1.165) is 70.6 Å². The highest BCUT2D eigenvalue weighted by molar-refractivity contribution is 7.47. The number of carbonyl (C=O) groups excluding carboxylic acids is 1. The van der Waals surface area contributed by atoms with Crippen LogP contribution >= 0.6 is 7.82 Å². The van der Waals surface area contributed by atoms with Crippen molar-refractivity contribution >= 4 is 13.7 Å². The van der Waals surface area contributed by atoms with E-state index in [1.807, 2.05) is 0 Å². The molecule has 1 aliphatic carbocycles. The molecule has 1 rings (SSSR count). The van der Waals surface area contributed by atoms with Gasteiger partial charge in [-0.3, -0.25) is 13.8 Å². The van der Waals surface area contributed by atoms with Crippen molar-refractivity contribution in [1.29, 1.82) is 0 Å². The summed E-state index contributed by atoms with van der Waals surface area (Å²) < 4.78 is 22.9. The quantitative estimate of drug-likeness (QED) is 0.0159. The van der Waals surface area contributed by atoms with Gasteiger partial charge in [0.25, 0.3) is 0 Å². The number of rotatable bonds is 41. The lowest BCUT2D eigenvalue weighted by Crippen LogP contribution is -2.64. The highest BCUT2D eigenvalue weighted by atomic mass is 31.2. The van der Waals surface area contributed by atoms with E-state index < -0.39 is 75.2 Å². The van der Waals surface area contributed by atoms with Gasteiger partial charge in [-0.1, -0.05) is 185 Å². The number of phosphoric acid groups is 1. The van der Waals surface area contributed by atoms with Gasteiger partial charge in [0, 0.05) is 0 Å². The number of aliphatic hydroxyl groups is 7. The number of hydrogen-bond acceptors (Lipinski definition) is 11. The smallest absolute Gasteiger partial charge is 0.393 e. The van der Waals surface area contributed by atoms with Gasteiger partial charge < -0.3 is 46.0 Å². The van der Waals surface area contributed by atoms with Crippen LogP contribution in [0.5, 0.6) is 0 Å². The molecule has 1 aliphatic rings. The summed E-state index contributed by atoms with van der Waals surface area (Å²) in [5, 5.41) is 74.6. The number of nitrogens with one attached hydrogen (secondary N) is 1. The predicted octanol–water partition coefficient (Wildman–Crippen LogP) is 8.92. The highest BCUT2D eigenvalue weighted by Crippen LogP contribution is 2.47. The number of hydrogen-bond donors (Lipinski definition) is 9. The van der Waals surface area contributed by atoms with Crippen LogP contribution in [0.25, 0.3) is 0 Å². The molecule has 1 amide bonds. The van der Waals surface area contributed by atoms with Crippen molar-refractivity contribution in [2.45, 2.75) is 261 Å². The Morgan fingerprint density at radius 1 is 0.571 bits per heavy atom. The fourth-order valence-corrected chi connectivity index (χ4v) is 8.83. The van der Waals surface area contributed by atoms with Crippen LogP contribution in [-0.2, 0) is 18.4 Å². The number of phosphoric ester groups is 1. The summed E-state index contributed by atoms with van der Waals surface area (Å²) in [6.07, 6.45) is 30.8. The van der Waals surface area contributed by atoms with Gasteiger partial charge in [0.2, 0.25) is 5.91 Å². The van der Waals surface area contributed by atoms with Crippen LogP contribution in [0.4, 0.5) is 0 Å². The fraction of sp³-hybridized carbons (Fsp3) is 0.857. The van der Waals surface area contributed by atoms with E-state index in [4.69, 9.17) is 9.05 Å². The van der Waals surface area contributed by atoms with E-state index >= 15 is 0 Å². The molecule has 370 valence electrons. The molecule has 0 aromatic rings. The molecule has 8 atom stereocenters. The first-order valence-electron chi connectivity index (χ1n) is 25.0. The Morgan fingerprint density at radius 2 is 0.968 bits per heavy atom. The first-order valence-corrected chi connectivity index (χ1v) is 26.5. The monoisotopic (exact) mass is 918 g/mol. The van der Waals surface area contributed by atoms with Crippen LogP contribution in [0.2, 0.25) is 0 Å². The van der Waals surface area contributed by atoms with Gasteiger partial charge in [-0.15, -0.1) is 0 Å². The topological polar surface area (TPSA) is 226 Å². The van der Waals surface area contributed by atoms with E-state index in [1.54, 1.807) is 6.08 Å². The van der Waals surface area contributed by atoms with E-state index in [2.05, 4.69) is 43.5 Å². The van der Waals surface area contributed by atoms with E-state index in [9.17, 15) is 50.0 Å². The molecule has 63 heavy (non-hydrogen) atoms. The van der Waals surface area contributed by atoms with Crippen LogP contribution in [0.3, 0.4) is 0 Å². The molecule has 0 heterocycles. The normalized spacial score (nSPS) is 23.1. The molecule has 0 saturated heterocycles. The van der Waals surface area contributed by atoms with Gasteiger partial charge in [-0.2, -0.15) is 0 Å². The maximum atomic E-state index is 13.0. The fourth-order valence-electron chi connectivity index (χ4n) is 7.86. The van der Waals surface area contributed by atoms with Crippen molar-refractivity contribution in [3.63, 3.8) is 0 Å². The number of allylic oxidation sites excluding steroid dienone is 5. The zero-order chi connectivity index (χ0) is 46.6. The lowest BCUT2D eigenvalue weighted by atomic mass is 9.85. The predicted molar refractivity (Wildman–Crippen MR) is 252 cm³/mol. The standard InChI is InChI=1S/C49H92NO12P/c1-3-5-7-9-11-13-15-17-19-20-21-23-25-27-29-31-33-35-37-42(52)41(39-61-63(59,60)62-49-47(57)45(55)44(54)46(56)48(49)58)50-43(53)38-40(51)36-34-32-30-28-26-24-22-18-16-14-12-10-8-6-4-2/h12,14,18,22,35,37,40-42,44-49,51-52,54-58H,3-11,13,15-17,19-21,23-34,36,38-39H2,1-2H3,(H,50,53)(H,59,60)/b14-12-,22-18-,37-35+. The summed E-state index contributed by atoms with van der Waals surface area (Å²) in [5.74, 6) is -0.601. The molecule has 1 fully saturated rings. The SMILES string of the molecule is CCCCC/C=C\C/C=C\CCCCCCCC(O)CC(=O)NC(COP(=O)(O)OC1C(O)C(O)C(O)C(O)C1O)C(O)/C=C/CCCCCCCCCCCCCCCCCC. The molecular weight excluding hydrogens is 826 g/mol. The minimum Gasteiger partial charge on any atom is -0.393 e. The van der Waals surface area contributed by atoms with Gasteiger partial charge in [0.1, 0.15) is 36.6 Å². The van der Waals surface area contributed by atoms with Crippen molar-refractivity contribution in [3.8, 4) is 0 Å². The molecule has 0 aromatic heterocycles. The average molecular weight is 918 g/mol. The molecule has 8 unspecified atom stereocenters. The van der Waals surface area contributed by atoms with Gasteiger partial charge in [0.05, 0.1) is 31.3 Å². The van der Waals surface area contributed by atoms with Gasteiger partial charge >= 0.3 is 7.82 Å². The summed E-state index contributed by atoms with van der Waals surface area (Å²) in [6.45, 7) is 3.72. The highest BCUT2D eigenvalue weighted by Gasteiger charge is 2.51. The molecule has 0 aromatic carbocycles. The van der Waals surface area contributed by atoms with Gasteiger partial charge in [-0.05, 0) is 51.4 Å². The summed E-state index contributed by atoms with van der Waals surface area (Å²) in [4.78, 5) is 23.5. The van der Waals surface area contributed by atoms with Crippen molar-refractivity contribution in [2.24, 2.45) is 0 Å². The van der Waals surface area contributed by atoms with Crippen molar-refractivity contribution in [1.82, 2.24) is 5.32 Å². The second-order valence-corrected chi connectivity index (χ2v) is 19.3. The Bertz CT molecular complexity index is 1220. The van der Waals surface area contributed by atoms with Crippen LogP contribution in [-0.4, -0.2) is 108 Å². The molecule has 0 spiro atoms. The molecule has 1 saturated carbocycles. The largest absolute Gasteiger partial charge is 0.472 e. The molecule has 0 radical (unpaired) electrons. The molecule has 14 heteroatoms. The Morgan fingerprint density at radius 3 is 1.46 bits per heavy atom. The molecule has 13 nitrogen and oxygen atoms in total. The molecule has 9 N–H and O–H groups in total. The van der Waals surface area contributed by atoms with Crippen LogP contribution in [0.15, 0.2) is 36.5 Å². The third kappa shape index (κ3) is 30.4. The number of amides is 1. The second kappa shape index (κ2) is 38.6. The van der Waals surface area contributed by atoms with E-state index in [1.165, 1.54) is 109 Å². The van der Waals surface area contributed by atoms with E-state index in [0.29, 0.717) is 12.8 Å². The van der Waals surface area contributed by atoms with Crippen molar-refractivity contribution in [3.05, 3.63) is 36.5 Å². The molecular formula is C49H92NO12P. The summed E-state index contributed by atoms with van der Waals surface area (Å²) in [6, 6.07) is -1.24. The Balaban J connectivity index is 2.53. The van der Waals surface area contributed by atoms with Crippen molar-refractivity contribution < 1.29 is 59.0 Å². The lowest BCUT2D eigenvalue weighted by Gasteiger charge is -2.41. The zero-order valence-corrected chi connectivity index (χ0v) is 40.1. The Labute approximate surface area is 381 Å². The second-order valence-electron chi connectivity index (χ2n) is 17.8. The van der Waals surface area contributed by atoms with Crippen LogP contribution in [0, 0.1) is 0 Å². The zero-order valence-electron chi connectivity index (χ0n) is 39.2.